The summed E-state index contributed by atoms with van der Waals surface area (Å²) in [4.78, 5) is 12.4. The van der Waals surface area contributed by atoms with Crippen LogP contribution in [0.3, 0.4) is 0 Å². The van der Waals surface area contributed by atoms with Gasteiger partial charge >= 0.3 is 0 Å². The first kappa shape index (κ1) is 23.3. The molecule has 0 saturated heterocycles. The second kappa shape index (κ2) is 10.8. The largest absolute Gasteiger partial charge is 0.457 e. The Morgan fingerprint density at radius 2 is 1.62 bits per heavy atom. The molecule has 168 valence electrons. The fraction of sp³-hybridized carbons (Fsp3) is 0.240. The molecule has 6 nitrogen and oxygen atoms in total. The summed E-state index contributed by atoms with van der Waals surface area (Å²) in [6.45, 7) is 2.25. The molecule has 3 aromatic rings. The van der Waals surface area contributed by atoms with Crippen LogP contribution in [0.25, 0.3) is 0 Å². The normalized spacial score (nSPS) is 11.1. The maximum atomic E-state index is 12.4. The molecule has 0 radical (unpaired) electrons. The van der Waals surface area contributed by atoms with Crippen LogP contribution in [0, 0.1) is 6.92 Å². The summed E-state index contributed by atoms with van der Waals surface area (Å²) in [6, 6.07) is 24.2. The predicted molar refractivity (Wildman–Crippen MR) is 128 cm³/mol. The molecule has 3 rings (SSSR count). The lowest BCUT2D eigenvalue weighted by molar-refractivity contribution is -0.119. The molecule has 7 heteroatoms. The molecule has 0 atom stereocenters. The molecule has 32 heavy (non-hydrogen) atoms. The number of sulfonamides is 1. The van der Waals surface area contributed by atoms with E-state index in [9.17, 15) is 13.2 Å². The predicted octanol–water partition coefficient (Wildman–Crippen LogP) is 4.30. The number of carbonyl (C=O) groups excluding carboxylic acids is 1. The third kappa shape index (κ3) is 7.13. The van der Waals surface area contributed by atoms with E-state index in [1.807, 2.05) is 49.4 Å². The van der Waals surface area contributed by atoms with Crippen molar-refractivity contribution >= 4 is 21.6 Å². The van der Waals surface area contributed by atoms with Gasteiger partial charge in [0.05, 0.1) is 11.9 Å². The molecular weight excluding hydrogens is 424 g/mol. The fourth-order valence-electron chi connectivity index (χ4n) is 3.28. The third-order valence-electron chi connectivity index (χ3n) is 4.84. The molecule has 0 aliphatic rings. The van der Waals surface area contributed by atoms with E-state index in [1.54, 1.807) is 24.3 Å². The number of hydrogen-bond acceptors (Lipinski definition) is 4. The zero-order valence-electron chi connectivity index (χ0n) is 18.3. The molecule has 0 heterocycles. The number of aryl methyl sites for hydroxylation is 2. The van der Waals surface area contributed by atoms with E-state index < -0.39 is 10.0 Å². The molecule has 0 saturated carbocycles. The standard InChI is InChI=1S/C25H28N2O4S/c1-20-8-6-9-21(18-20)10-7-17-26-25(28)19-27(32(2,29)30)22-13-15-24(16-14-22)31-23-11-4-3-5-12-23/h3-6,8-9,11-16,18H,7,10,17,19H2,1-2H3,(H,26,28). The van der Waals surface area contributed by atoms with Gasteiger partial charge < -0.3 is 10.1 Å². The highest BCUT2D eigenvalue weighted by Gasteiger charge is 2.20. The highest BCUT2D eigenvalue weighted by molar-refractivity contribution is 7.92. The molecular formula is C25H28N2O4S. The van der Waals surface area contributed by atoms with E-state index in [4.69, 9.17) is 4.74 Å². The number of amides is 1. The van der Waals surface area contributed by atoms with Gasteiger partial charge in [-0.2, -0.15) is 0 Å². The molecule has 0 aliphatic heterocycles. The summed E-state index contributed by atoms with van der Waals surface area (Å²) in [5, 5.41) is 2.81. The molecule has 0 unspecified atom stereocenters. The molecule has 0 aromatic heterocycles. The van der Waals surface area contributed by atoms with Crippen molar-refractivity contribution in [1.29, 1.82) is 0 Å². The number of ether oxygens (including phenoxy) is 1. The first-order valence-corrected chi connectivity index (χ1v) is 12.3. The third-order valence-corrected chi connectivity index (χ3v) is 5.98. The number of benzene rings is 3. The van der Waals surface area contributed by atoms with Crippen LogP contribution < -0.4 is 14.4 Å². The number of para-hydroxylation sites is 1. The Labute approximate surface area is 189 Å². The van der Waals surface area contributed by atoms with Crippen LogP contribution in [0.4, 0.5) is 5.69 Å². The average Bonchev–Trinajstić information content (AvgIpc) is 2.76. The molecule has 3 aromatic carbocycles. The summed E-state index contributed by atoms with van der Waals surface area (Å²) >= 11 is 0. The van der Waals surface area contributed by atoms with Crippen molar-refractivity contribution in [1.82, 2.24) is 5.32 Å². The summed E-state index contributed by atoms with van der Waals surface area (Å²) in [5.41, 5.74) is 2.83. The van der Waals surface area contributed by atoms with Gasteiger partial charge in [0.25, 0.3) is 0 Å². The van der Waals surface area contributed by atoms with Crippen LogP contribution in [-0.4, -0.2) is 33.7 Å². The highest BCUT2D eigenvalue weighted by atomic mass is 32.2. The Bertz CT molecular complexity index is 1130. The lowest BCUT2D eigenvalue weighted by atomic mass is 10.1. The van der Waals surface area contributed by atoms with Crippen molar-refractivity contribution in [2.75, 3.05) is 23.7 Å². The Hall–Kier alpha value is -3.32. The smallest absolute Gasteiger partial charge is 0.240 e. The fourth-order valence-corrected chi connectivity index (χ4v) is 4.14. The van der Waals surface area contributed by atoms with Gasteiger partial charge in [-0.1, -0.05) is 48.0 Å². The van der Waals surface area contributed by atoms with Gasteiger partial charge in [0.1, 0.15) is 18.0 Å². The molecule has 0 spiro atoms. The van der Waals surface area contributed by atoms with Gasteiger partial charge in [-0.25, -0.2) is 8.42 Å². The number of anilines is 1. The SMILES string of the molecule is Cc1cccc(CCCNC(=O)CN(c2ccc(Oc3ccccc3)cc2)S(C)(=O)=O)c1. The van der Waals surface area contributed by atoms with Gasteiger partial charge in [0, 0.05) is 6.54 Å². The minimum Gasteiger partial charge on any atom is -0.457 e. The van der Waals surface area contributed by atoms with Crippen LogP contribution in [0.15, 0.2) is 78.9 Å². The van der Waals surface area contributed by atoms with Crippen molar-refractivity contribution < 1.29 is 17.9 Å². The van der Waals surface area contributed by atoms with E-state index in [0.717, 1.165) is 23.4 Å². The zero-order valence-corrected chi connectivity index (χ0v) is 19.1. The Balaban J connectivity index is 1.56. The number of nitrogens with zero attached hydrogens (tertiary/aromatic N) is 1. The average molecular weight is 453 g/mol. The van der Waals surface area contributed by atoms with Crippen molar-refractivity contribution in [3.8, 4) is 11.5 Å². The van der Waals surface area contributed by atoms with Gasteiger partial charge in [0.15, 0.2) is 0 Å². The van der Waals surface area contributed by atoms with Crippen molar-refractivity contribution in [3.05, 3.63) is 90.0 Å². The number of rotatable bonds is 10. The van der Waals surface area contributed by atoms with Gasteiger partial charge in [-0.15, -0.1) is 0 Å². The second-order valence-corrected chi connectivity index (χ2v) is 9.53. The van der Waals surface area contributed by atoms with Crippen molar-refractivity contribution in [3.63, 3.8) is 0 Å². The van der Waals surface area contributed by atoms with E-state index in [2.05, 4.69) is 17.4 Å². The van der Waals surface area contributed by atoms with Crippen LogP contribution in [0.1, 0.15) is 17.5 Å². The Morgan fingerprint density at radius 1 is 0.938 bits per heavy atom. The highest BCUT2D eigenvalue weighted by Crippen LogP contribution is 2.25. The monoisotopic (exact) mass is 452 g/mol. The second-order valence-electron chi connectivity index (χ2n) is 7.62. The van der Waals surface area contributed by atoms with Crippen LogP contribution in [-0.2, 0) is 21.2 Å². The summed E-state index contributed by atoms with van der Waals surface area (Å²) in [5.74, 6) is 0.920. The minimum absolute atomic E-state index is 0.276. The lowest BCUT2D eigenvalue weighted by Gasteiger charge is -2.22. The first-order chi connectivity index (χ1) is 15.3. The van der Waals surface area contributed by atoms with Crippen molar-refractivity contribution in [2.45, 2.75) is 19.8 Å². The Kier molecular flexibility index (Phi) is 7.89. The van der Waals surface area contributed by atoms with E-state index in [0.29, 0.717) is 23.7 Å². The zero-order chi connectivity index (χ0) is 23.0. The molecule has 0 aliphatic carbocycles. The molecule has 1 N–H and O–H groups in total. The molecule has 0 fully saturated rings. The van der Waals surface area contributed by atoms with Crippen LogP contribution in [0.2, 0.25) is 0 Å². The maximum absolute atomic E-state index is 12.4. The summed E-state index contributed by atoms with van der Waals surface area (Å²) in [6.07, 6.45) is 2.71. The number of carbonyl (C=O) groups is 1. The maximum Gasteiger partial charge on any atom is 0.240 e. The first-order valence-electron chi connectivity index (χ1n) is 10.4. The topological polar surface area (TPSA) is 75.7 Å². The van der Waals surface area contributed by atoms with Crippen LogP contribution in [0.5, 0.6) is 11.5 Å². The molecule has 0 bridgehead atoms. The number of nitrogens with one attached hydrogen (secondary N) is 1. The Morgan fingerprint density at radius 3 is 2.28 bits per heavy atom. The summed E-state index contributed by atoms with van der Waals surface area (Å²) < 4.78 is 31.4. The van der Waals surface area contributed by atoms with Gasteiger partial charge in [-0.3, -0.25) is 9.10 Å². The van der Waals surface area contributed by atoms with E-state index >= 15 is 0 Å². The lowest BCUT2D eigenvalue weighted by Crippen LogP contribution is -2.40. The van der Waals surface area contributed by atoms with Gasteiger partial charge in [-0.05, 0) is 61.7 Å². The minimum atomic E-state index is -3.63. The van der Waals surface area contributed by atoms with Crippen LogP contribution >= 0.6 is 0 Å². The molecule has 1 amide bonds. The van der Waals surface area contributed by atoms with E-state index in [-0.39, 0.29) is 12.5 Å². The van der Waals surface area contributed by atoms with Gasteiger partial charge in [0.2, 0.25) is 15.9 Å². The number of hydrogen-bond donors (Lipinski definition) is 1. The van der Waals surface area contributed by atoms with E-state index in [1.165, 1.54) is 11.1 Å². The summed E-state index contributed by atoms with van der Waals surface area (Å²) in [7, 11) is -3.63. The van der Waals surface area contributed by atoms with Crippen molar-refractivity contribution in [2.24, 2.45) is 0 Å². The quantitative estimate of drug-likeness (QED) is 0.465.